The average Bonchev–Trinajstić information content (AvgIpc) is 2.13. The van der Waals surface area contributed by atoms with Gasteiger partial charge in [-0.2, -0.15) is 0 Å². The molecule has 0 spiro atoms. The Balaban J connectivity index is 2.71. The second-order valence-corrected chi connectivity index (χ2v) is 2.98. The summed E-state index contributed by atoms with van der Waals surface area (Å²) in [5.74, 6) is 0.679. The molecule has 0 bridgehead atoms. The molecule has 1 rings (SSSR count). The molecule has 0 aliphatic carbocycles. The van der Waals surface area contributed by atoms with E-state index in [0.29, 0.717) is 5.75 Å². The molecule has 0 fully saturated rings. The van der Waals surface area contributed by atoms with Crippen LogP contribution >= 0.6 is 0 Å². The second kappa shape index (κ2) is 4.91. The summed E-state index contributed by atoms with van der Waals surface area (Å²) >= 11 is 0. The predicted molar refractivity (Wildman–Crippen MR) is 50.9 cm³/mol. The summed E-state index contributed by atoms with van der Waals surface area (Å²) in [5.41, 5.74) is 1.84. The molecule has 1 aromatic rings. The number of alkyl halides is 1. The summed E-state index contributed by atoms with van der Waals surface area (Å²) < 4.78 is 21.8. The summed E-state index contributed by atoms with van der Waals surface area (Å²) in [6.45, 7) is 4.60. The van der Waals surface area contributed by atoms with Crippen molar-refractivity contribution >= 4 is 0 Å². The monoisotopic (exact) mass is 199 g/mol. The van der Waals surface area contributed by atoms with E-state index < -0.39 is 13.2 Å². The third-order valence-electron chi connectivity index (χ3n) is 2.00. The molecule has 1 unspecified atom stereocenters. The number of ether oxygens (including phenoxy) is 2. The van der Waals surface area contributed by atoms with Crippen LogP contribution in [0.15, 0.2) is 12.3 Å². The summed E-state index contributed by atoms with van der Waals surface area (Å²) in [6, 6.07) is 1.74. The van der Waals surface area contributed by atoms with Gasteiger partial charge in [0.05, 0.1) is 0 Å². The van der Waals surface area contributed by atoms with Crippen molar-refractivity contribution in [1.29, 1.82) is 0 Å². The molecule has 78 valence electrons. The van der Waals surface area contributed by atoms with Crippen LogP contribution < -0.4 is 4.74 Å². The Morgan fingerprint density at radius 2 is 2.21 bits per heavy atom. The van der Waals surface area contributed by atoms with Crippen LogP contribution in [0.25, 0.3) is 0 Å². The number of pyridine rings is 1. The molecule has 0 aliphatic rings. The summed E-state index contributed by atoms with van der Waals surface area (Å²) in [6.07, 6.45) is 1.07. The van der Waals surface area contributed by atoms with Crippen molar-refractivity contribution in [2.24, 2.45) is 0 Å². The molecule has 3 nitrogen and oxygen atoms in total. The first-order chi connectivity index (χ1) is 6.65. The highest BCUT2D eigenvalue weighted by atomic mass is 19.1. The zero-order chi connectivity index (χ0) is 10.6. The SMILES string of the molecule is Cc1nccc(OC(C)OCF)c1C. The van der Waals surface area contributed by atoms with Gasteiger partial charge in [0.1, 0.15) is 5.75 Å². The van der Waals surface area contributed by atoms with E-state index in [1.54, 1.807) is 19.2 Å². The number of hydrogen-bond donors (Lipinski definition) is 0. The molecule has 1 aromatic heterocycles. The lowest BCUT2D eigenvalue weighted by molar-refractivity contribution is -0.0991. The molecular formula is C10H14FNO2. The van der Waals surface area contributed by atoms with Gasteiger partial charge in [-0.05, 0) is 26.8 Å². The van der Waals surface area contributed by atoms with Crippen LogP contribution in [0.2, 0.25) is 0 Å². The Morgan fingerprint density at radius 3 is 2.86 bits per heavy atom. The van der Waals surface area contributed by atoms with Crippen LogP contribution in [-0.4, -0.2) is 18.1 Å². The number of aromatic nitrogens is 1. The minimum atomic E-state index is -0.843. The average molecular weight is 199 g/mol. The van der Waals surface area contributed by atoms with Crippen LogP contribution in [-0.2, 0) is 4.74 Å². The van der Waals surface area contributed by atoms with Crippen molar-refractivity contribution in [3.8, 4) is 5.75 Å². The van der Waals surface area contributed by atoms with E-state index in [2.05, 4.69) is 9.72 Å². The Bertz CT molecular complexity index is 304. The van der Waals surface area contributed by atoms with E-state index in [-0.39, 0.29) is 0 Å². The Kier molecular flexibility index (Phi) is 3.83. The number of rotatable bonds is 4. The molecule has 14 heavy (non-hydrogen) atoms. The van der Waals surface area contributed by atoms with Crippen molar-refractivity contribution in [3.05, 3.63) is 23.5 Å². The van der Waals surface area contributed by atoms with Crippen molar-refractivity contribution in [1.82, 2.24) is 4.98 Å². The van der Waals surface area contributed by atoms with Crippen LogP contribution in [0, 0.1) is 13.8 Å². The van der Waals surface area contributed by atoms with E-state index in [1.165, 1.54) is 0 Å². The smallest absolute Gasteiger partial charge is 0.199 e. The topological polar surface area (TPSA) is 31.4 Å². The number of nitrogens with zero attached hydrogens (tertiary/aromatic N) is 1. The van der Waals surface area contributed by atoms with E-state index in [4.69, 9.17) is 4.74 Å². The van der Waals surface area contributed by atoms with Gasteiger partial charge in [-0.3, -0.25) is 4.98 Å². The van der Waals surface area contributed by atoms with E-state index in [0.717, 1.165) is 11.3 Å². The maximum atomic E-state index is 11.8. The molecule has 4 heteroatoms. The third kappa shape index (κ3) is 2.67. The number of hydrogen-bond acceptors (Lipinski definition) is 3. The molecular weight excluding hydrogens is 185 g/mol. The molecule has 0 N–H and O–H groups in total. The summed E-state index contributed by atoms with van der Waals surface area (Å²) in [5, 5.41) is 0. The lowest BCUT2D eigenvalue weighted by Gasteiger charge is -2.15. The van der Waals surface area contributed by atoms with E-state index >= 15 is 0 Å². The van der Waals surface area contributed by atoms with Crippen LogP contribution in [0.4, 0.5) is 4.39 Å². The maximum Gasteiger partial charge on any atom is 0.199 e. The highest BCUT2D eigenvalue weighted by molar-refractivity contribution is 5.33. The molecule has 1 atom stereocenters. The highest BCUT2D eigenvalue weighted by Crippen LogP contribution is 2.20. The Morgan fingerprint density at radius 1 is 1.50 bits per heavy atom. The van der Waals surface area contributed by atoms with Crippen molar-refractivity contribution in [2.45, 2.75) is 27.1 Å². The normalized spacial score (nSPS) is 12.6. The molecule has 0 aromatic carbocycles. The summed E-state index contributed by atoms with van der Waals surface area (Å²) in [4.78, 5) is 4.10. The first kappa shape index (κ1) is 10.9. The van der Waals surface area contributed by atoms with Gasteiger partial charge in [-0.25, -0.2) is 4.39 Å². The molecule has 0 radical (unpaired) electrons. The Labute approximate surface area is 82.9 Å². The second-order valence-electron chi connectivity index (χ2n) is 2.98. The molecule has 0 saturated carbocycles. The van der Waals surface area contributed by atoms with Gasteiger partial charge in [0.2, 0.25) is 0 Å². The van der Waals surface area contributed by atoms with E-state index in [1.807, 2.05) is 13.8 Å². The lowest BCUT2D eigenvalue weighted by atomic mass is 10.2. The molecule has 0 amide bonds. The largest absolute Gasteiger partial charge is 0.465 e. The van der Waals surface area contributed by atoms with Gasteiger partial charge >= 0.3 is 0 Å². The van der Waals surface area contributed by atoms with Gasteiger partial charge in [-0.15, -0.1) is 0 Å². The van der Waals surface area contributed by atoms with Crippen molar-refractivity contribution < 1.29 is 13.9 Å². The third-order valence-corrected chi connectivity index (χ3v) is 2.00. The lowest BCUT2D eigenvalue weighted by Crippen LogP contribution is -2.16. The van der Waals surface area contributed by atoms with Crippen LogP contribution in [0.3, 0.4) is 0 Å². The number of aryl methyl sites for hydroxylation is 1. The molecule has 0 aliphatic heterocycles. The predicted octanol–water partition coefficient (Wildman–Crippen LogP) is 2.37. The van der Waals surface area contributed by atoms with Crippen LogP contribution in [0.1, 0.15) is 18.2 Å². The van der Waals surface area contributed by atoms with E-state index in [9.17, 15) is 4.39 Å². The quantitative estimate of drug-likeness (QED) is 0.697. The Hall–Kier alpha value is -1.16. The van der Waals surface area contributed by atoms with Gasteiger partial charge in [0, 0.05) is 17.5 Å². The van der Waals surface area contributed by atoms with Crippen molar-refractivity contribution in [2.75, 3.05) is 6.86 Å². The minimum Gasteiger partial charge on any atom is -0.465 e. The maximum absolute atomic E-state index is 11.8. The molecule has 1 heterocycles. The van der Waals surface area contributed by atoms with Crippen molar-refractivity contribution in [3.63, 3.8) is 0 Å². The fourth-order valence-electron chi connectivity index (χ4n) is 1.05. The van der Waals surface area contributed by atoms with Gasteiger partial charge in [0.15, 0.2) is 13.2 Å². The van der Waals surface area contributed by atoms with Gasteiger partial charge in [-0.1, -0.05) is 0 Å². The minimum absolute atomic E-state index is 0.583. The standard InChI is InChI=1S/C10H14FNO2/c1-7-8(2)12-5-4-10(7)14-9(3)13-6-11/h4-5,9H,6H2,1-3H3. The van der Waals surface area contributed by atoms with Crippen LogP contribution in [0.5, 0.6) is 5.75 Å². The highest BCUT2D eigenvalue weighted by Gasteiger charge is 2.07. The fraction of sp³-hybridized carbons (Fsp3) is 0.500. The first-order valence-electron chi connectivity index (χ1n) is 4.41. The first-order valence-corrected chi connectivity index (χ1v) is 4.41. The number of halogens is 1. The molecule has 0 saturated heterocycles. The van der Waals surface area contributed by atoms with Gasteiger partial charge < -0.3 is 9.47 Å². The summed E-state index contributed by atoms with van der Waals surface area (Å²) in [7, 11) is 0. The van der Waals surface area contributed by atoms with Gasteiger partial charge in [0.25, 0.3) is 0 Å². The zero-order valence-corrected chi connectivity index (χ0v) is 8.58. The fourth-order valence-corrected chi connectivity index (χ4v) is 1.05. The zero-order valence-electron chi connectivity index (χ0n) is 8.58.